The number of aryl methyl sites for hydroxylation is 2. The molecule has 1 heterocycles. The summed E-state index contributed by atoms with van der Waals surface area (Å²) in [5.41, 5.74) is 10.5. The Bertz CT molecular complexity index is 2810. The van der Waals surface area contributed by atoms with Gasteiger partial charge in [-0.25, -0.2) is 13.2 Å². The van der Waals surface area contributed by atoms with Gasteiger partial charge in [0.05, 0.1) is 46.4 Å². The summed E-state index contributed by atoms with van der Waals surface area (Å²) in [5, 5.41) is 46.3. The zero-order valence-electron chi connectivity index (χ0n) is 35.7. The Morgan fingerprint density at radius 3 is 2.26 bits per heavy atom. The summed E-state index contributed by atoms with van der Waals surface area (Å²) in [6, 6.07) is 28.0. The van der Waals surface area contributed by atoms with Crippen LogP contribution < -0.4 is 26.4 Å². The number of ether oxygens (including phenoxy) is 1. The molecule has 0 aliphatic carbocycles. The van der Waals surface area contributed by atoms with Gasteiger partial charge in [-0.05, 0) is 116 Å². The van der Waals surface area contributed by atoms with Crippen LogP contribution in [-0.4, -0.2) is 78.0 Å². The van der Waals surface area contributed by atoms with Gasteiger partial charge in [0.15, 0.2) is 0 Å². The number of nitrogens with zero attached hydrogens (tertiary/aromatic N) is 1. The highest BCUT2D eigenvalue weighted by Gasteiger charge is 2.38. The van der Waals surface area contributed by atoms with Crippen LogP contribution in [0.5, 0.6) is 11.5 Å². The Morgan fingerprint density at radius 1 is 0.879 bits per heavy atom. The average Bonchev–Trinajstić information content (AvgIpc) is 3.29. The van der Waals surface area contributed by atoms with Crippen molar-refractivity contribution in [3.8, 4) is 11.5 Å². The van der Waals surface area contributed by atoms with Gasteiger partial charge in [0.25, 0.3) is 11.8 Å². The first kappa shape index (κ1) is 49.9. The van der Waals surface area contributed by atoms with E-state index in [1.165, 1.54) is 49.7 Å². The first-order chi connectivity index (χ1) is 31.3. The summed E-state index contributed by atoms with van der Waals surface area (Å²) in [6.07, 6.45) is -0.781. The molecule has 0 saturated heterocycles. The third kappa shape index (κ3) is 13.0. The van der Waals surface area contributed by atoms with Gasteiger partial charge in [-0.2, -0.15) is 13.2 Å². The number of amides is 2. The van der Waals surface area contributed by atoms with Crippen molar-refractivity contribution in [2.75, 3.05) is 30.8 Å². The number of phenols is 1. The van der Waals surface area contributed by atoms with Crippen LogP contribution in [-0.2, 0) is 27.7 Å². The lowest BCUT2D eigenvalue weighted by atomic mass is 10.0. The number of pyridine rings is 1. The number of hydrogen-bond donors (Lipinski definition) is 8. The molecule has 0 bridgehead atoms. The van der Waals surface area contributed by atoms with Crippen LogP contribution in [0.4, 0.5) is 30.2 Å². The number of rotatable bonds is 18. The monoisotopic (exact) mass is 931 g/mol. The number of aromatic nitrogens is 1. The van der Waals surface area contributed by atoms with Crippen molar-refractivity contribution in [3.63, 3.8) is 0 Å². The molecule has 348 valence electrons. The van der Waals surface area contributed by atoms with E-state index in [1.807, 2.05) is 24.3 Å². The Labute approximate surface area is 378 Å². The largest absolute Gasteiger partial charge is 0.508 e. The van der Waals surface area contributed by atoms with Crippen molar-refractivity contribution in [3.05, 3.63) is 143 Å². The summed E-state index contributed by atoms with van der Waals surface area (Å²) in [4.78, 5) is 39.1. The highest BCUT2D eigenvalue weighted by molar-refractivity contribution is 7.91. The van der Waals surface area contributed by atoms with Crippen LogP contribution in [0.1, 0.15) is 68.3 Å². The Balaban J connectivity index is 0.00000108. The lowest BCUT2D eigenvalue weighted by molar-refractivity contribution is -0.192. The van der Waals surface area contributed by atoms with E-state index in [1.54, 1.807) is 49.4 Å². The molecule has 1 atom stereocenters. The number of aliphatic carboxylic acids is 1. The minimum absolute atomic E-state index is 0.000594. The topological polar surface area (TPSA) is 250 Å². The number of anilines is 3. The van der Waals surface area contributed by atoms with Crippen LogP contribution in [0.25, 0.3) is 10.9 Å². The minimum atomic E-state index is -5.08. The number of primary amides is 1. The van der Waals surface area contributed by atoms with Gasteiger partial charge in [0, 0.05) is 46.7 Å². The second-order valence-corrected chi connectivity index (χ2v) is 16.9. The zero-order valence-corrected chi connectivity index (χ0v) is 36.5. The number of carboxylic acid groups (broad SMARTS) is 1. The number of fused-ring (bicyclic) bond motifs is 1. The van der Waals surface area contributed by atoms with E-state index >= 15 is 0 Å². The number of aliphatic hydroxyl groups is 2. The molecule has 2 amide bonds. The summed E-state index contributed by atoms with van der Waals surface area (Å²) < 4.78 is 65.3. The first-order valence-electron chi connectivity index (χ1n) is 20.3. The van der Waals surface area contributed by atoms with Gasteiger partial charge in [-0.1, -0.05) is 36.8 Å². The summed E-state index contributed by atoms with van der Waals surface area (Å²) in [7, 11) is -2.62. The van der Waals surface area contributed by atoms with Crippen molar-refractivity contribution in [1.82, 2.24) is 10.3 Å². The van der Waals surface area contributed by atoms with Crippen LogP contribution in [0.3, 0.4) is 0 Å². The molecule has 66 heavy (non-hydrogen) atoms. The number of alkyl halides is 3. The summed E-state index contributed by atoms with van der Waals surface area (Å²) >= 11 is 0. The zero-order chi connectivity index (χ0) is 48.2. The predicted octanol–water partition coefficient (Wildman–Crippen LogP) is 7.35. The number of halogens is 3. The van der Waals surface area contributed by atoms with Crippen LogP contribution in [0.2, 0.25) is 0 Å². The van der Waals surface area contributed by atoms with E-state index in [2.05, 4.69) is 20.9 Å². The van der Waals surface area contributed by atoms with E-state index in [4.69, 9.17) is 20.4 Å². The third-order valence-corrected chi connectivity index (χ3v) is 12.0. The Morgan fingerprint density at radius 2 is 1.59 bits per heavy atom. The molecular weight excluding hydrogens is 884 g/mol. The number of sulfone groups is 1. The highest BCUT2D eigenvalue weighted by Crippen LogP contribution is 2.35. The number of carbonyl (C=O) groups is 3. The fraction of sp³-hybridized carbons (Fsp3) is 0.234. The molecule has 0 unspecified atom stereocenters. The molecule has 1 aromatic heterocycles. The van der Waals surface area contributed by atoms with Gasteiger partial charge in [0.1, 0.15) is 11.5 Å². The molecule has 19 heteroatoms. The average molecular weight is 932 g/mol. The molecule has 0 fully saturated rings. The van der Waals surface area contributed by atoms with E-state index < -0.39 is 39.9 Å². The molecule has 0 saturated carbocycles. The molecule has 6 rings (SSSR count). The van der Waals surface area contributed by atoms with Gasteiger partial charge >= 0.3 is 12.1 Å². The molecule has 0 radical (unpaired) electrons. The van der Waals surface area contributed by atoms with Crippen LogP contribution >= 0.6 is 0 Å². The van der Waals surface area contributed by atoms with E-state index in [0.29, 0.717) is 56.9 Å². The normalized spacial score (nSPS) is 11.9. The molecule has 5 aromatic carbocycles. The smallest absolute Gasteiger partial charge is 0.490 e. The maximum atomic E-state index is 14.1. The third-order valence-electron chi connectivity index (χ3n) is 10.2. The van der Waals surface area contributed by atoms with Crippen LogP contribution in [0, 0.1) is 6.92 Å². The number of unbranched alkanes of at least 4 members (excludes halogenated alkanes) is 2. The standard InChI is InChI=1S/C45H47N5O8S.C2HF3O2/c1-28-20-37(24-38-42(28)48-25-39(44(46)54)43(38)49-34-10-7-11-35(23-34)58-2)59(56,57)36-12-6-9-31(22-36)45(55)50-33-16-13-29(14-17-33)8-4-3-5-19-47-26-41(53)30-15-18-40(52)32(21-30)27-51;3-2(4,5)1(6)7/h6-7,9-18,20-25,41,47,51-53H,3-5,8,19,26-27H2,1-2H3,(H2,46,54)(H,48,49)(H,50,55);(H,6,7)/t41-;/m0./s1. The maximum Gasteiger partial charge on any atom is 0.490 e. The van der Waals surface area contributed by atoms with E-state index in [9.17, 15) is 46.5 Å². The first-order valence-corrected chi connectivity index (χ1v) is 21.8. The quantitative estimate of drug-likeness (QED) is 0.0393. The van der Waals surface area contributed by atoms with Crippen molar-refractivity contribution in [2.24, 2.45) is 5.73 Å². The number of nitrogens with two attached hydrogens (primary N) is 1. The summed E-state index contributed by atoms with van der Waals surface area (Å²) in [6.45, 7) is 2.52. The van der Waals surface area contributed by atoms with Crippen molar-refractivity contribution >= 4 is 55.6 Å². The second kappa shape index (κ2) is 22.2. The molecule has 0 aliphatic rings. The fourth-order valence-corrected chi connectivity index (χ4v) is 8.14. The molecule has 0 spiro atoms. The van der Waals surface area contributed by atoms with Gasteiger partial charge in [0.2, 0.25) is 9.84 Å². The summed E-state index contributed by atoms with van der Waals surface area (Å²) in [5.74, 6) is -3.40. The van der Waals surface area contributed by atoms with E-state index in [0.717, 1.165) is 37.8 Å². The van der Waals surface area contributed by atoms with Crippen LogP contribution in [0.15, 0.2) is 119 Å². The molecule has 6 aromatic rings. The minimum Gasteiger partial charge on any atom is -0.508 e. The van der Waals surface area contributed by atoms with E-state index in [-0.39, 0.29) is 33.3 Å². The van der Waals surface area contributed by atoms with Crippen molar-refractivity contribution < 1.29 is 61.1 Å². The Hall–Kier alpha value is -7.06. The fourth-order valence-electron chi connectivity index (χ4n) is 6.72. The second-order valence-electron chi connectivity index (χ2n) is 15.0. The predicted molar refractivity (Wildman–Crippen MR) is 241 cm³/mol. The SMILES string of the molecule is COc1cccc(Nc2c(C(N)=O)cnc3c(C)cc(S(=O)(=O)c4cccc(C(=O)Nc5ccc(CCCCCNC[C@H](O)c6ccc(O)c(CO)c6)cc5)c4)cc23)c1.O=C(O)C(F)(F)F. The highest BCUT2D eigenvalue weighted by atomic mass is 32.2. The number of aromatic hydroxyl groups is 1. The lowest BCUT2D eigenvalue weighted by Crippen LogP contribution is -2.22. The Kier molecular flexibility index (Phi) is 16.8. The van der Waals surface area contributed by atoms with Crippen molar-refractivity contribution in [1.29, 1.82) is 0 Å². The molecular formula is C47H48F3N5O10S. The molecule has 15 nitrogen and oxygen atoms in total. The number of benzene rings is 5. The number of carboxylic acids is 1. The number of hydrogen-bond acceptors (Lipinski definition) is 12. The number of nitrogens with one attached hydrogen (secondary N) is 3. The van der Waals surface area contributed by atoms with Crippen molar-refractivity contribution in [2.45, 2.75) is 61.3 Å². The number of methoxy groups -OCH3 is 1. The number of carbonyl (C=O) groups excluding carboxylic acids is 2. The van der Waals surface area contributed by atoms with Gasteiger partial charge < -0.3 is 46.8 Å². The maximum absolute atomic E-state index is 14.1. The van der Waals surface area contributed by atoms with Gasteiger partial charge in [-0.15, -0.1) is 0 Å². The van der Waals surface area contributed by atoms with Gasteiger partial charge in [-0.3, -0.25) is 14.6 Å². The number of aliphatic hydroxyl groups excluding tert-OH is 2. The molecule has 0 aliphatic heterocycles. The molecule has 9 N–H and O–H groups in total. The lowest BCUT2D eigenvalue weighted by Gasteiger charge is -2.16.